The summed E-state index contributed by atoms with van der Waals surface area (Å²) in [6.45, 7) is 6.25. The average molecular weight is 198 g/mol. The van der Waals surface area contributed by atoms with Gasteiger partial charge in [-0.15, -0.1) is 0 Å². The van der Waals surface area contributed by atoms with Crippen LogP contribution >= 0.6 is 0 Å². The summed E-state index contributed by atoms with van der Waals surface area (Å²) in [5.74, 6) is 0. The van der Waals surface area contributed by atoms with E-state index in [-0.39, 0.29) is 0 Å². The van der Waals surface area contributed by atoms with Gasteiger partial charge in [0.2, 0.25) is 0 Å². The van der Waals surface area contributed by atoms with Gasteiger partial charge in [-0.3, -0.25) is 4.98 Å². The van der Waals surface area contributed by atoms with Gasteiger partial charge in [0.1, 0.15) is 0 Å². The molecule has 0 unspecified atom stereocenters. The fourth-order valence-corrected chi connectivity index (χ4v) is 2.02. The van der Waals surface area contributed by atoms with E-state index in [1.54, 1.807) is 0 Å². The van der Waals surface area contributed by atoms with Crippen molar-refractivity contribution in [2.24, 2.45) is 0 Å². The van der Waals surface area contributed by atoms with Gasteiger partial charge in [0.25, 0.3) is 0 Å². The highest BCUT2D eigenvalue weighted by Gasteiger charge is 2.08. The SMILES string of the molecule is CC1=C(c2cc(C)nc(C)c2)[CH]CC=C1. The molecule has 1 heterocycles. The van der Waals surface area contributed by atoms with Gasteiger partial charge in [0.15, 0.2) is 0 Å². The minimum atomic E-state index is 1.03. The molecule has 0 amide bonds. The Bertz CT molecular complexity index is 418. The van der Waals surface area contributed by atoms with Crippen molar-refractivity contribution in [3.8, 4) is 0 Å². The molecule has 0 saturated heterocycles. The van der Waals surface area contributed by atoms with E-state index in [4.69, 9.17) is 0 Å². The van der Waals surface area contributed by atoms with Crippen LogP contribution in [0.3, 0.4) is 0 Å². The summed E-state index contributed by atoms with van der Waals surface area (Å²) < 4.78 is 0. The van der Waals surface area contributed by atoms with Crippen LogP contribution in [0.5, 0.6) is 0 Å². The number of pyridine rings is 1. The Morgan fingerprint density at radius 3 is 2.33 bits per heavy atom. The van der Waals surface area contributed by atoms with E-state index in [1.807, 2.05) is 13.8 Å². The van der Waals surface area contributed by atoms with Gasteiger partial charge in [-0.05, 0) is 62.5 Å². The second-order valence-electron chi connectivity index (χ2n) is 4.08. The number of rotatable bonds is 1. The summed E-state index contributed by atoms with van der Waals surface area (Å²) in [6, 6.07) is 4.31. The molecule has 0 aliphatic heterocycles. The second kappa shape index (κ2) is 4.01. The normalized spacial score (nSPS) is 15.9. The standard InChI is InChI=1S/C14H16N/c1-10-6-4-5-7-14(10)13-8-11(2)15-12(3)9-13/h4,6-9H,5H2,1-3H3. The molecular formula is C14H16N. The Morgan fingerprint density at radius 1 is 1.07 bits per heavy atom. The Kier molecular flexibility index (Phi) is 2.72. The fraction of sp³-hybridized carbons (Fsp3) is 0.286. The maximum atomic E-state index is 4.40. The van der Waals surface area contributed by atoms with E-state index in [1.165, 1.54) is 16.7 Å². The molecule has 0 N–H and O–H groups in total. The van der Waals surface area contributed by atoms with Crippen molar-refractivity contribution in [1.29, 1.82) is 0 Å². The lowest BCUT2D eigenvalue weighted by Gasteiger charge is -2.14. The predicted octanol–water partition coefficient (Wildman–Crippen LogP) is 3.64. The van der Waals surface area contributed by atoms with Crippen LogP contribution in [0.15, 0.2) is 29.9 Å². The molecule has 1 aromatic heterocycles. The van der Waals surface area contributed by atoms with Gasteiger partial charge in [0.05, 0.1) is 0 Å². The Balaban J connectivity index is 2.49. The predicted molar refractivity (Wildman–Crippen MR) is 64.4 cm³/mol. The van der Waals surface area contributed by atoms with E-state index in [0.717, 1.165) is 17.8 Å². The molecule has 1 heteroatoms. The lowest BCUT2D eigenvalue weighted by molar-refractivity contribution is 1.11. The van der Waals surface area contributed by atoms with Crippen molar-refractivity contribution in [1.82, 2.24) is 4.98 Å². The van der Waals surface area contributed by atoms with Gasteiger partial charge in [-0.1, -0.05) is 12.2 Å². The monoisotopic (exact) mass is 198 g/mol. The van der Waals surface area contributed by atoms with Crippen molar-refractivity contribution < 1.29 is 0 Å². The largest absolute Gasteiger partial charge is 0.258 e. The number of allylic oxidation sites excluding steroid dienone is 4. The summed E-state index contributed by atoms with van der Waals surface area (Å²) >= 11 is 0. The zero-order valence-corrected chi connectivity index (χ0v) is 9.54. The molecule has 0 atom stereocenters. The van der Waals surface area contributed by atoms with Crippen molar-refractivity contribution in [2.45, 2.75) is 27.2 Å². The summed E-state index contributed by atoms with van der Waals surface area (Å²) in [5, 5.41) is 0. The van der Waals surface area contributed by atoms with Crippen LogP contribution in [-0.2, 0) is 0 Å². The third-order valence-electron chi connectivity index (χ3n) is 2.64. The zero-order valence-electron chi connectivity index (χ0n) is 9.54. The second-order valence-corrected chi connectivity index (χ2v) is 4.08. The van der Waals surface area contributed by atoms with Gasteiger partial charge < -0.3 is 0 Å². The van der Waals surface area contributed by atoms with Crippen LogP contribution in [-0.4, -0.2) is 4.98 Å². The highest BCUT2D eigenvalue weighted by molar-refractivity contribution is 5.77. The van der Waals surface area contributed by atoms with Crippen molar-refractivity contribution >= 4 is 5.57 Å². The average Bonchev–Trinajstić information content (AvgIpc) is 2.16. The fourth-order valence-electron chi connectivity index (χ4n) is 2.02. The third kappa shape index (κ3) is 2.17. The molecule has 0 fully saturated rings. The molecule has 15 heavy (non-hydrogen) atoms. The van der Waals surface area contributed by atoms with E-state index >= 15 is 0 Å². The third-order valence-corrected chi connectivity index (χ3v) is 2.64. The molecule has 1 aromatic rings. The van der Waals surface area contributed by atoms with Gasteiger partial charge >= 0.3 is 0 Å². The minimum Gasteiger partial charge on any atom is -0.258 e. The van der Waals surface area contributed by atoms with E-state index < -0.39 is 0 Å². The molecule has 1 radical (unpaired) electrons. The molecule has 0 aromatic carbocycles. The summed E-state index contributed by atoms with van der Waals surface area (Å²) in [5.41, 5.74) is 6.17. The molecule has 2 rings (SSSR count). The summed E-state index contributed by atoms with van der Waals surface area (Å²) in [7, 11) is 0. The molecule has 1 aliphatic rings. The number of hydrogen-bond donors (Lipinski definition) is 0. The van der Waals surface area contributed by atoms with Crippen LogP contribution in [0, 0.1) is 20.3 Å². The van der Waals surface area contributed by atoms with Crippen LogP contribution in [0.2, 0.25) is 0 Å². The molecule has 0 bridgehead atoms. The molecule has 0 spiro atoms. The molecule has 77 valence electrons. The number of aromatic nitrogens is 1. The van der Waals surface area contributed by atoms with Crippen LogP contribution in [0.4, 0.5) is 0 Å². The first-order chi connectivity index (χ1) is 7.16. The Hall–Kier alpha value is -1.37. The highest BCUT2D eigenvalue weighted by atomic mass is 14.7. The van der Waals surface area contributed by atoms with Crippen LogP contribution in [0.25, 0.3) is 5.57 Å². The summed E-state index contributed by atoms with van der Waals surface area (Å²) in [6.07, 6.45) is 7.71. The minimum absolute atomic E-state index is 1.03. The maximum Gasteiger partial charge on any atom is 0.0381 e. The summed E-state index contributed by atoms with van der Waals surface area (Å²) in [4.78, 5) is 4.40. The van der Waals surface area contributed by atoms with Gasteiger partial charge in [-0.2, -0.15) is 0 Å². The first kappa shape index (κ1) is 10.2. The van der Waals surface area contributed by atoms with E-state index in [2.05, 4.69) is 42.6 Å². The van der Waals surface area contributed by atoms with Gasteiger partial charge in [0, 0.05) is 11.4 Å². The van der Waals surface area contributed by atoms with Crippen LogP contribution < -0.4 is 0 Å². The number of nitrogens with zero attached hydrogens (tertiary/aromatic N) is 1. The van der Waals surface area contributed by atoms with Crippen LogP contribution in [0.1, 0.15) is 30.3 Å². The first-order valence-electron chi connectivity index (χ1n) is 5.33. The van der Waals surface area contributed by atoms with Crippen molar-refractivity contribution in [2.75, 3.05) is 0 Å². The Labute approximate surface area is 91.6 Å². The van der Waals surface area contributed by atoms with E-state index in [0.29, 0.717) is 0 Å². The van der Waals surface area contributed by atoms with Crippen molar-refractivity contribution in [3.05, 3.63) is 53.2 Å². The molecule has 1 aliphatic carbocycles. The topological polar surface area (TPSA) is 12.9 Å². The molecule has 0 saturated carbocycles. The zero-order chi connectivity index (χ0) is 10.8. The van der Waals surface area contributed by atoms with Crippen molar-refractivity contribution in [3.63, 3.8) is 0 Å². The number of hydrogen-bond acceptors (Lipinski definition) is 1. The maximum absolute atomic E-state index is 4.40. The first-order valence-corrected chi connectivity index (χ1v) is 5.33. The number of aryl methyl sites for hydroxylation is 2. The van der Waals surface area contributed by atoms with E-state index in [9.17, 15) is 0 Å². The van der Waals surface area contributed by atoms with Gasteiger partial charge in [-0.25, -0.2) is 0 Å². The lowest BCUT2D eigenvalue weighted by atomic mass is 9.92. The smallest absolute Gasteiger partial charge is 0.0381 e. The Morgan fingerprint density at radius 2 is 1.73 bits per heavy atom. The molecule has 1 nitrogen and oxygen atoms in total. The quantitative estimate of drug-likeness (QED) is 0.671. The highest BCUT2D eigenvalue weighted by Crippen LogP contribution is 2.27. The molecular weight excluding hydrogens is 182 g/mol. The lowest BCUT2D eigenvalue weighted by Crippen LogP contribution is -1.96.